The van der Waals surface area contributed by atoms with Crippen LogP contribution in [0, 0.1) is 0 Å². The van der Waals surface area contributed by atoms with Gasteiger partial charge in [0.25, 0.3) is 0 Å². The molecule has 0 unspecified atom stereocenters. The van der Waals surface area contributed by atoms with E-state index in [0.29, 0.717) is 26.4 Å². The molecule has 1 aliphatic heterocycles. The minimum atomic E-state index is -0.655. The number of hydrogen-bond donors (Lipinski definition) is 0. The maximum absolute atomic E-state index is 12.4. The molecule has 1 aliphatic rings. The topological polar surface area (TPSA) is 63.2 Å². The molecule has 1 heterocycles. The zero-order valence-electron chi connectivity index (χ0n) is 23.6. The Kier molecular flexibility index (Phi) is 11.4. The molecule has 6 nitrogen and oxygen atoms in total. The second kappa shape index (κ2) is 15.8. The zero-order chi connectivity index (χ0) is 29.0. The first-order valence-corrected chi connectivity index (χ1v) is 16.0. The third-order valence-corrected chi connectivity index (χ3v) is 9.28. The molecule has 1 saturated heterocycles. The van der Waals surface area contributed by atoms with Crippen LogP contribution in [-0.4, -0.2) is 57.0 Å². The van der Waals surface area contributed by atoms with Crippen LogP contribution in [0.3, 0.4) is 0 Å². The number of rotatable bonds is 13. The van der Waals surface area contributed by atoms with E-state index < -0.39 is 29.4 Å². The summed E-state index contributed by atoms with van der Waals surface area (Å²) in [5, 5.41) is -0.397. The molecule has 0 bridgehead atoms. The fourth-order valence-corrected chi connectivity index (χ4v) is 7.21. The molecule has 5 atom stereocenters. The van der Waals surface area contributed by atoms with Crippen LogP contribution in [0.1, 0.15) is 23.6 Å². The van der Waals surface area contributed by atoms with Gasteiger partial charge in [-0.2, -0.15) is 0 Å². The Labute approximate surface area is 254 Å². The summed E-state index contributed by atoms with van der Waals surface area (Å²) in [4.78, 5) is 12.4. The summed E-state index contributed by atoms with van der Waals surface area (Å²) in [5.74, 6) is -0.383. The van der Waals surface area contributed by atoms with E-state index in [0.717, 1.165) is 21.2 Å². The Morgan fingerprint density at radius 1 is 0.643 bits per heavy atom. The van der Waals surface area contributed by atoms with Gasteiger partial charge in [0.05, 0.1) is 0 Å². The molecule has 7 heteroatoms. The van der Waals surface area contributed by atoms with Crippen molar-refractivity contribution in [3.63, 3.8) is 0 Å². The molecule has 4 aromatic carbocycles. The van der Waals surface area contributed by atoms with Crippen molar-refractivity contribution in [3.8, 4) is 0 Å². The molecule has 0 aliphatic carbocycles. The summed E-state index contributed by atoms with van der Waals surface area (Å²) in [6, 6.07) is 40.2. The summed E-state index contributed by atoms with van der Waals surface area (Å²) in [7, 11) is 0. The number of carbonyl (C=O) groups is 1. The summed E-state index contributed by atoms with van der Waals surface area (Å²) >= 11 is -0.169. The number of ether oxygens (including phenoxy) is 5. The predicted octanol–water partition coefficient (Wildman–Crippen LogP) is 5.06. The number of carbonyl (C=O) groups excluding carboxylic acids is 1. The van der Waals surface area contributed by atoms with Crippen LogP contribution in [0.5, 0.6) is 0 Å². The molecule has 0 spiro atoms. The summed E-state index contributed by atoms with van der Waals surface area (Å²) < 4.78 is 33.3. The Morgan fingerprint density at radius 3 is 1.64 bits per heavy atom. The van der Waals surface area contributed by atoms with Gasteiger partial charge >= 0.3 is 255 Å². The standard InChI is InChI=1S/C35H36O6Se/c1-26(36)40-34-33(39-24-29-18-10-4-11-19-29)32(38-23-28-16-8-3-9-17-28)31(25-37-22-27-14-6-2-7-15-27)41-35(34)42-30-20-12-5-13-21-30/h2-21,31-35H,22-25H2,1H3/t31-,32-,33+,34-,35+/m1/s1. The third-order valence-electron chi connectivity index (χ3n) is 6.85. The van der Waals surface area contributed by atoms with Crippen molar-refractivity contribution < 1.29 is 28.5 Å². The number of hydrogen-bond acceptors (Lipinski definition) is 6. The van der Waals surface area contributed by atoms with E-state index in [4.69, 9.17) is 23.7 Å². The molecule has 0 radical (unpaired) electrons. The first kappa shape index (κ1) is 30.2. The van der Waals surface area contributed by atoms with Crippen molar-refractivity contribution in [3.05, 3.63) is 138 Å². The van der Waals surface area contributed by atoms with E-state index in [-0.39, 0.29) is 20.9 Å². The van der Waals surface area contributed by atoms with Crippen molar-refractivity contribution in [2.24, 2.45) is 0 Å². The molecular weight excluding hydrogens is 595 g/mol. The van der Waals surface area contributed by atoms with Gasteiger partial charge in [0, 0.05) is 0 Å². The Bertz CT molecular complexity index is 1340. The van der Waals surface area contributed by atoms with Gasteiger partial charge in [-0.3, -0.25) is 0 Å². The third kappa shape index (κ3) is 8.85. The van der Waals surface area contributed by atoms with E-state index in [1.165, 1.54) is 6.92 Å². The van der Waals surface area contributed by atoms with Crippen LogP contribution in [0.4, 0.5) is 0 Å². The first-order chi connectivity index (χ1) is 20.7. The van der Waals surface area contributed by atoms with Crippen LogP contribution >= 0.6 is 0 Å². The zero-order valence-corrected chi connectivity index (χ0v) is 25.3. The van der Waals surface area contributed by atoms with Crippen LogP contribution in [0.2, 0.25) is 0 Å². The monoisotopic (exact) mass is 632 g/mol. The molecule has 4 aromatic rings. The van der Waals surface area contributed by atoms with Crippen molar-refractivity contribution in [2.75, 3.05) is 6.61 Å². The fraction of sp³-hybridized carbons (Fsp3) is 0.286. The molecule has 0 saturated carbocycles. The molecular formula is C35H36O6Se. The molecule has 0 N–H and O–H groups in total. The van der Waals surface area contributed by atoms with Crippen LogP contribution in [-0.2, 0) is 48.3 Å². The summed E-state index contributed by atoms with van der Waals surface area (Å²) in [6.45, 7) is 2.88. The van der Waals surface area contributed by atoms with Gasteiger partial charge in [0.1, 0.15) is 0 Å². The van der Waals surface area contributed by atoms with Gasteiger partial charge in [-0.15, -0.1) is 0 Å². The molecule has 218 valence electrons. The minimum absolute atomic E-state index is 0.169. The van der Waals surface area contributed by atoms with Crippen LogP contribution in [0.15, 0.2) is 121 Å². The molecule has 42 heavy (non-hydrogen) atoms. The van der Waals surface area contributed by atoms with E-state index >= 15 is 0 Å². The Balaban J connectivity index is 1.44. The van der Waals surface area contributed by atoms with E-state index in [1.807, 2.05) is 109 Å². The quantitative estimate of drug-likeness (QED) is 0.152. The SMILES string of the molecule is CC(=O)O[C@@H]1[C@@H](OCc2ccccc2)[C@H](OCc2ccccc2)[C@@H](COCc2ccccc2)O[C@H]1[Se]c1ccccc1. The molecule has 0 amide bonds. The van der Waals surface area contributed by atoms with Gasteiger partial charge in [-0.1, -0.05) is 0 Å². The van der Waals surface area contributed by atoms with Crippen molar-refractivity contribution in [1.29, 1.82) is 0 Å². The van der Waals surface area contributed by atoms with Crippen molar-refractivity contribution in [2.45, 2.75) is 56.2 Å². The number of benzene rings is 4. The van der Waals surface area contributed by atoms with E-state index in [2.05, 4.69) is 12.1 Å². The van der Waals surface area contributed by atoms with E-state index in [9.17, 15) is 4.79 Å². The Morgan fingerprint density at radius 2 is 1.12 bits per heavy atom. The fourth-order valence-electron chi connectivity index (χ4n) is 4.85. The van der Waals surface area contributed by atoms with Crippen LogP contribution in [0.25, 0.3) is 0 Å². The maximum atomic E-state index is 12.4. The van der Waals surface area contributed by atoms with Gasteiger partial charge in [-0.25, -0.2) is 0 Å². The first-order valence-electron chi connectivity index (χ1n) is 14.1. The van der Waals surface area contributed by atoms with Gasteiger partial charge < -0.3 is 0 Å². The second-order valence-corrected chi connectivity index (χ2v) is 12.5. The summed E-state index contributed by atoms with van der Waals surface area (Å²) in [5.41, 5.74) is 3.13. The van der Waals surface area contributed by atoms with Crippen molar-refractivity contribution in [1.82, 2.24) is 0 Å². The normalized spacial score (nSPS) is 22.0. The average Bonchev–Trinajstić information content (AvgIpc) is 3.02. The van der Waals surface area contributed by atoms with Gasteiger partial charge in [0.2, 0.25) is 0 Å². The Hall–Kier alpha value is -3.29. The van der Waals surface area contributed by atoms with Crippen LogP contribution < -0.4 is 4.46 Å². The molecule has 1 fully saturated rings. The summed E-state index contributed by atoms with van der Waals surface area (Å²) in [6.07, 6.45) is -2.22. The van der Waals surface area contributed by atoms with E-state index in [1.54, 1.807) is 0 Å². The van der Waals surface area contributed by atoms with Gasteiger partial charge in [-0.05, 0) is 0 Å². The predicted molar refractivity (Wildman–Crippen MR) is 162 cm³/mol. The molecule has 0 aromatic heterocycles. The second-order valence-electron chi connectivity index (χ2n) is 10.1. The number of esters is 1. The molecule has 5 rings (SSSR count). The van der Waals surface area contributed by atoms with Crippen molar-refractivity contribution >= 4 is 25.4 Å². The average molecular weight is 632 g/mol. The van der Waals surface area contributed by atoms with Gasteiger partial charge in [0.15, 0.2) is 0 Å².